The maximum atomic E-state index is 12.3. The first-order valence-electron chi connectivity index (χ1n) is 8.32. The summed E-state index contributed by atoms with van der Waals surface area (Å²) < 4.78 is 4.64. The van der Waals surface area contributed by atoms with Crippen molar-refractivity contribution in [3.8, 4) is 17.9 Å². The highest BCUT2D eigenvalue weighted by Crippen LogP contribution is 2.14. The van der Waals surface area contributed by atoms with E-state index in [0.29, 0.717) is 30.4 Å². The molecule has 0 radical (unpaired) electrons. The number of hydrogen-bond donors (Lipinski definition) is 0. The summed E-state index contributed by atoms with van der Waals surface area (Å²) in [5.74, 6) is 4.89. The number of nitriles is 1. The summed E-state index contributed by atoms with van der Waals surface area (Å²) in [4.78, 5) is 23.6. The molecule has 0 aromatic heterocycles. The topological polar surface area (TPSA) is 67.2 Å². The number of rotatable bonds is 6. The van der Waals surface area contributed by atoms with Crippen molar-refractivity contribution >= 4 is 11.8 Å². The fourth-order valence-corrected chi connectivity index (χ4v) is 2.42. The van der Waals surface area contributed by atoms with Crippen LogP contribution >= 0.6 is 0 Å². The predicted octanol–water partition coefficient (Wildman–Crippen LogP) is 4.02. The summed E-state index contributed by atoms with van der Waals surface area (Å²) in [7, 11) is 1.34. The summed E-state index contributed by atoms with van der Waals surface area (Å²) in [5.41, 5.74) is 1.85. The molecular weight excluding hydrogens is 326 g/mol. The standard InChI is InChI=1S/C22H19NO3/c1-26-22(25)19-14-12-17(13-15-19)8-4-2-7-11-20(16-23)21(24)18-9-5-3-6-10-18/h3,5-6,9-10,12-15,20H,2,7,11H2,1H3. The van der Waals surface area contributed by atoms with E-state index in [2.05, 4.69) is 22.6 Å². The number of hydrogen-bond acceptors (Lipinski definition) is 4. The highest BCUT2D eigenvalue weighted by molar-refractivity contribution is 5.99. The number of unbranched alkanes of at least 4 members (excludes halogenated alkanes) is 1. The molecule has 0 aliphatic heterocycles. The van der Waals surface area contributed by atoms with Gasteiger partial charge in [0.05, 0.1) is 18.7 Å². The Hall–Kier alpha value is -3.37. The largest absolute Gasteiger partial charge is 0.465 e. The molecule has 4 heteroatoms. The SMILES string of the molecule is COC(=O)c1ccc(C#CCCCC(C#N)C(=O)c2ccccc2)cc1. The van der Waals surface area contributed by atoms with Crippen LogP contribution in [0.25, 0.3) is 0 Å². The Bertz CT molecular complexity index is 852. The number of ether oxygens (including phenoxy) is 1. The average Bonchev–Trinajstić information content (AvgIpc) is 2.70. The lowest BCUT2D eigenvalue weighted by Crippen LogP contribution is -2.12. The van der Waals surface area contributed by atoms with Gasteiger partial charge in [-0.05, 0) is 37.1 Å². The average molecular weight is 345 g/mol. The van der Waals surface area contributed by atoms with Crippen molar-refractivity contribution in [1.82, 2.24) is 0 Å². The summed E-state index contributed by atoms with van der Waals surface area (Å²) in [6.45, 7) is 0. The number of nitrogens with zero attached hydrogens (tertiary/aromatic N) is 1. The Kier molecular flexibility index (Phi) is 7.16. The van der Waals surface area contributed by atoms with Crippen molar-refractivity contribution in [2.45, 2.75) is 19.3 Å². The van der Waals surface area contributed by atoms with E-state index in [0.717, 1.165) is 5.56 Å². The second-order valence-electron chi connectivity index (χ2n) is 5.67. The van der Waals surface area contributed by atoms with Crippen LogP contribution in [0.1, 0.15) is 45.5 Å². The van der Waals surface area contributed by atoms with E-state index >= 15 is 0 Å². The molecule has 130 valence electrons. The molecule has 2 rings (SSSR count). The van der Waals surface area contributed by atoms with Gasteiger partial charge in [-0.2, -0.15) is 5.26 Å². The molecule has 0 heterocycles. The number of carbonyl (C=O) groups excluding carboxylic acids is 2. The Morgan fingerprint density at radius 1 is 1.04 bits per heavy atom. The monoisotopic (exact) mass is 345 g/mol. The van der Waals surface area contributed by atoms with E-state index in [-0.39, 0.29) is 11.8 Å². The van der Waals surface area contributed by atoms with Gasteiger partial charge < -0.3 is 4.74 Å². The van der Waals surface area contributed by atoms with Crippen molar-refractivity contribution in [1.29, 1.82) is 5.26 Å². The molecule has 0 fully saturated rings. The molecule has 2 aromatic rings. The van der Waals surface area contributed by atoms with E-state index < -0.39 is 5.92 Å². The maximum absolute atomic E-state index is 12.3. The van der Waals surface area contributed by atoms with Crippen molar-refractivity contribution in [2.24, 2.45) is 5.92 Å². The van der Waals surface area contributed by atoms with Gasteiger partial charge in [0.1, 0.15) is 5.92 Å². The first-order valence-corrected chi connectivity index (χ1v) is 8.32. The smallest absolute Gasteiger partial charge is 0.337 e. The zero-order valence-electron chi connectivity index (χ0n) is 14.6. The summed E-state index contributed by atoms with van der Waals surface area (Å²) >= 11 is 0. The van der Waals surface area contributed by atoms with Gasteiger partial charge in [0.15, 0.2) is 5.78 Å². The Morgan fingerprint density at radius 2 is 1.73 bits per heavy atom. The summed E-state index contributed by atoms with van der Waals surface area (Å²) in [6, 6.07) is 17.8. The van der Waals surface area contributed by atoms with Crippen LogP contribution in [0.5, 0.6) is 0 Å². The molecule has 0 aliphatic rings. The normalized spacial score (nSPS) is 10.8. The zero-order chi connectivity index (χ0) is 18.8. The van der Waals surface area contributed by atoms with E-state index in [9.17, 15) is 14.9 Å². The minimum Gasteiger partial charge on any atom is -0.465 e. The van der Waals surface area contributed by atoms with E-state index in [1.54, 1.807) is 48.5 Å². The van der Waals surface area contributed by atoms with Gasteiger partial charge in [-0.1, -0.05) is 42.2 Å². The van der Waals surface area contributed by atoms with Gasteiger partial charge in [-0.15, -0.1) is 0 Å². The molecule has 0 saturated carbocycles. The number of ketones is 1. The van der Waals surface area contributed by atoms with Crippen molar-refractivity contribution in [2.75, 3.05) is 7.11 Å². The van der Waals surface area contributed by atoms with Crippen LogP contribution in [0.4, 0.5) is 0 Å². The van der Waals surface area contributed by atoms with Crippen molar-refractivity contribution < 1.29 is 14.3 Å². The third-order valence-electron chi connectivity index (χ3n) is 3.86. The molecule has 26 heavy (non-hydrogen) atoms. The van der Waals surface area contributed by atoms with Gasteiger partial charge in [-0.25, -0.2) is 4.79 Å². The minimum atomic E-state index is -0.640. The first kappa shape index (κ1) is 19.0. The van der Waals surface area contributed by atoms with Crippen LogP contribution < -0.4 is 0 Å². The van der Waals surface area contributed by atoms with E-state index in [1.807, 2.05) is 6.07 Å². The van der Waals surface area contributed by atoms with E-state index in [1.165, 1.54) is 7.11 Å². The number of benzene rings is 2. The Labute approximate surface area is 153 Å². The maximum Gasteiger partial charge on any atom is 0.337 e. The Morgan fingerprint density at radius 3 is 2.35 bits per heavy atom. The molecule has 2 aromatic carbocycles. The number of methoxy groups -OCH3 is 1. The van der Waals surface area contributed by atoms with Crippen molar-refractivity contribution in [3.63, 3.8) is 0 Å². The van der Waals surface area contributed by atoms with Gasteiger partial charge in [0.2, 0.25) is 0 Å². The van der Waals surface area contributed by atoms with Crippen LogP contribution in [0.3, 0.4) is 0 Å². The summed E-state index contributed by atoms with van der Waals surface area (Å²) in [6.07, 6.45) is 1.75. The molecule has 0 saturated heterocycles. The number of Topliss-reactive ketones (excluding diaryl/α,β-unsaturated/α-hetero) is 1. The molecule has 1 unspecified atom stereocenters. The summed E-state index contributed by atoms with van der Waals surface area (Å²) in [5, 5.41) is 9.24. The molecule has 0 bridgehead atoms. The molecule has 0 N–H and O–H groups in total. The zero-order valence-corrected chi connectivity index (χ0v) is 14.6. The molecule has 0 spiro atoms. The molecular formula is C22H19NO3. The highest BCUT2D eigenvalue weighted by Gasteiger charge is 2.18. The van der Waals surface area contributed by atoms with Crippen LogP contribution in [0.2, 0.25) is 0 Å². The third-order valence-corrected chi connectivity index (χ3v) is 3.86. The molecule has 0 aliphatic carbocycles. The molecule has 0 amide bonds. The van der Waals surface area contributed by atoms with Crippen LogP contribution in [-0.2, 0) is 4.74 Å². The number of esters is 1. The minimum absolute atomic E-state index is 0.139. The highest BCUT2D eigenvalue weighted by atomic mass is 16.5. The lowest BCUT2D eigenvalue weighted by atomic mass is 9.94. The second kappa shape index (κ2) is 9.81. The van der Waals surface area contributed by atoms with Crippen LogP contribution in [-0.4, -0.2) is 18.9 Å². The van der Waals surface area contributed by atoms with Gasteiger partial charge >= 0.3 is 5.97 Å². The first-order chi connectivity index (χ1) is 12.7. The lowest BCUT2D eigenvalue weighted by Gasteiger charge is -2.06. The third kappa shape index (κ3) is 5.33. The fourth-order valence-electron chi connectivity index (χ4n) is 2.42. The predicted molar refractivity (Wildman–Crippen MR) is 98.4 cm³/mol. The van der Waals surface area contributed by atoms with Crippen molar-refractivity contribution in [3.05, 3.63) is 71.3 Å². The quantitative estimate of drug-likeness (QED) is 0.343. The Balaban J connectivity index is 1.84. The molecule has 4 nitrogen and oxygen atoms in total. The number of carbonyl (C=O) groups is 2. The van der Waals surface area contributed by atoms with Gasteiger partial charge in [0, 0.05) is 17.5 Å². The van der Waals surface area contributed by atoms with Gasteiger partial charge in [0.25, 0.3) is 0 Å². The second-order valence-corrected chi connectivity index (χ2v) is 5.67. The van der Waals surface area contributed by atoms with Crippen LogP contribution in [0.15, 0.2) is 54.6 Å². The fraction of sp³-hybridized carbons (Fsp3) is 0.227. The van der Waals surface area contributed by atoms with Crippen LogP contribution in [0, 0.1) is 29.1 Å². The molecule has 1 atom stereocenters. The van der Waals surface area contributed by atoms with E-state index in [4.69, 9.17) is 0 Å². The van der Waals surface area contributed by atoms with Gasteiger partial charge in [-0.3, -0.25) is 4.79 Å². The lowest BCUT2D eigenvalue weighted by molar-refractivity contribution is 0.0600.